The molecule has 0 unspecified atom stereocenters. The molecule has 0 bridgehead atoms. The fraction of sp³-hybridized carbons (Fsp3) is 0.467. The Morgan fingerprint density at radius 3 is 2.70 bits per heavy atom. The summed E-state index contributed by atoms with van der Waals surface area (Å²) in [5, 5.41) is 8.98. The van der Waals surface area contributed by atoms with E-state index < -0.39 is 12.0 Å². The maximum Gasteiger partial charge on any atom is 0.335 e. The number of anilines is 1. The first-order chi connectivity index (χ1) is 9.40. The molecule has 0 fully saturated rings. The number of carbonyl (C=O) groups excluding carboxylic acids is 1. The summed E-state index contributed by atoms with van der Waals surface area (Å²) in [7, 11) is 0. The summed E-state index contributed by atoms with van der Waals surface area (Å²) in [5.41, 5.74) is 7.89. The molecule has 1 amide bonds. The first-order valence-corrected chi connectivity index (χ1v) is 6.83. The maximum absolute atomic E-state index is 12.3. The van der Waals surface area contributed by atoms with Crippen LogP contribution in [0.25, 0.3) is 0 Å². The van der Waals surface area contributed by atoms with Crippen molar-refractivity contribution in [3.63, 3.8) is 0 Å². The molecule has 108 valence electrons. The van der Waals surface area contributed by atoms with E-state index in [2.05, 4.69) is 0 Å². The van der Waals surface area contributed by atoms with Gasteiger partial charge >= 0.3 is 5.97 Å². The first kappa shape index (κ1) is 14.5. The maximum atomic E-state index is 12.3. The second kappa shape index (κ2) is 5.63. The van der Waals surface area contributed by atoms with Crippen LogP contribution in [0.15, 0.2) is 18.2 Å². The number of nitrogens with zero attached hydrogens (tertiary/aromatic N) is 1. The van der Waals surface area contributed by atoms with Gasteiger partial charge in [-0.3, -0.25) is 4.79 Å². The zero-order valence-electron chi connectivity index (χ0n) is 11.8. The molecule has 20 heavy (non-hydrogen) atoms. The number of aromatic carboxylic acids is 1. The molecule has 1 heterocycles. The van der Waals surface area contributed by atoms with Gasteiger partial charge in [0.2, 0.25) is 5.91 Å². The van der Waals surface area contributed by atoms with E-state index >= 15 is 0 Å². The van der Waals surface area contributed by atoms with Crippen molar-refractivity contribution in [3.05, 3.63) is 29.3 Å². The van der Waals surface area contributed by atoms with Gasteiger partial charge in [-0.15, -0.1) is 0 Å². The smallest absolute Gasteiger partial charge is 0.335 e. The van der Waals surface area contributed by atoms with E-state index in [0.29, 0.717) is 25.3 Å². The molecule has 0 aromatic heterocycles. The van der Waals surface area contributed by atoms with Gasteiger partial charge in [-0.1, -0.05) is 13.8 Å². The quantitative estimate of drug-likeness (QED) is 0.875. The standard InChI is InChI=1S/C15H20N2O3/c1-9(2)7-12(16)14(18)17-6-5-10-8-11(15(19)20)3-4-13(10)17/h3-4,8-9,12H,5-7,16H2,1-2H3,(H,19,20)/t12-/m1/s1. The number of carboxylic acid groups (broad SMARTS) is 1. The van der Waals surface area contributed by atoms with Crippen LogP contribution in [0.1, 0.15) is 36.2 Å². The molecule has 5 nitrogen and oxygen atoms in total. The molecular weight excluding hydrogens is 256 g/mol. The van der Waals surface area contributed by atoms with Crippen LogP contribution in [0.2, 0.25) is 0 Å². The third kappa shape index (κ3) is 2.82. The van der Waals surface area contributed by atoms with E-state index in [4.69, 9.17) is 10.8 Å². The molecule has 0 saturated carbocycles. The van der Waals surface area contributed by atoms with Crippen molar-refractivity contribution >= 4 is 17.6 Å². The fourth-order valence-electron chi connectivity index (χ4n) is 2.57. The minimum absolute atomic E-state index is 0.0828. The summed E-state index contributed by atoms with van der Waals surface area (Å²) >= 11 is 0. The zero-order valence-corrected chi connectivity index (χ0v) is 11.8. The summed E-state index contributed by atoms with van der Waals surface area (Å²) in [5.74, 6) is -0.667. The van der Waals surface area contributed by atoms with Crippen molar-refractivity contribution in [2.45, 2.75) is 32.7 Å². The molecule has 1 aromatic rings. The Balaban J connectivity index is 2.19. The number of rotatable bonds is 4. The molecule has 0 saturated heterocycles. The second-order valence-electron chi connectivity index (χ2n) is 5.62. The van der Waals surface area contributed by atoms with E-state index in [1.54, 1.807) is 17.0 Å². The fourth-order valence-corrected chi connectivity index (χ4v) is 2.57. The Labute approximate surface area is 118 Å². The van der Waals surface area contributed by atoms with Crippen LogP contribution < -0.4 is 10.6 Å². The number of nitrogens with two attached hydrogens (primary N) is 1. The first-order valence-electron chi connectivity index (χ1n) is 6.83. The highest BCUT2D eigenvalue weighted by molar-refractivity contribution is 5.99. The lowest BCUT2D eigenvalue weighted by Crippen LogP contribution is -2.43. The van der Waals surface area contributed by atoms with Crippen LogP contribution >= 0.6 is 0 Å². The van der Waals surface area contributed by atoms with Crippen molar-refractivity contribution < 1.29 is 14.7 Å². The highest BCUT2D eigenvalue weighted by atomic mass is 16.4. The van der Waals surface area contributed by atoms with Crippen molar-refractivity contribution in [2.24, 2.45) is 11.7 Å². The minimum Gasteiger partial charge on any atom is -0.478 e. The Hall–Kier alpha value is -1.88. The van der Waals surface area contributed by atoms with E-state index in [1.165, 1.54) is 6.07 Å². The van der Waals surface area contributed by atoms with Crippen LogP contribution in [-0.2, 0) is 11.2 Å². The third-order valence-corrected chi connectivity index (χ3v) is 3.53. The van der Waals surface area contributed by atoms with Gasteiger partial charge in [0.25, 0.3) is 0 Å². The van der Waals surface area contributed by atoms with Crippen LogP contribution in [0.4, 0.5) is 5.69 Å². The predicted molar refractivity (Wildman–Crippen MR) is 76.9 cm³/mol. The van der Waals surface area contributed by atoms with Crippen molar-refractivity contribution in [2.75, 3.05) is 11.4 Å². The lowest BCUT2D eigenvalue weighted by Gasteiger charge is -2.22. The Kier molecular flexibility index (Phi) is 4.09. The lowest BCUT2D eigenvalue weighted by atomic mass is 10.0. The van der Waals surface area contributed by atoms with Crippen LogP contribution in [0.5, 0.6) is 0 Å². The SMILES string of the molecule is CC(C)C[C@@H](N)C(=O)N1CCc2cc(C(=O)O)ccc21. The molecular formula is C15H20N2O3. The topological polar surface area (TPSA) is 83.6 Å². The number of carboxylic acids is 1. The van der Waals surface area contributed by atoms with Gasteiger partial charge in [0.15, 0.2) is 0 Å². The number of carbonyl (C=O) groups is 2. The highest BCUT2D eigenvalue weighted by Gasteiger charge is 2.29. The van der Waals surface area contributed by atoms with E-state index in [1.807, 2.05) is 13.8 Å². The largest absolute Gasteiger partial charge is 0.478 e. The Bertz CT molecular complexity index is 540. The molecule has 1 aliphatic rings. The molecule has 1 aromatic carbocycles. The van der Waals surface area contributed by atoms with E-state index in [0.717, 1.165) is 11.3 Å². The lowest BCUT2D eigenvalue weighted by molar-refractivity contribution is -0.120. The number of fused-ring (bicyclic) bond motifs is 1. The molecule has 0 spiro atoms. The van der Waals surface area contributed by atoms with Crippen LogP contribution in [0.3, 0.4) is 0 Å². The molecule has 1 atom stereocenters. The molecule has 0 radical (unpaired) electrons. The van der Waals surface area contributed by atoms with Crippen molar-refractivity contribution in [1.29, 1.82) is 0 Å². The average molecular weight is 276 g/mol. The second-order valence-corrected chi connectivity index (χ2v) is 5.62. The Morgan fingerprint density at radius 2 is 2.10 bits per heavy atom. The number of benzene rings is 1. The summed E-state index contributed by atoms with van der Waals surface area (Å²) in [6.45, 7) is 4.64. The average Bonchev–Trinajstić information content (AvgIpc) is 2.79. The Morgan fingerprint density at radius 1 is 1.40 bits per heavy atom. The van der Waals surface area contributed by atoms with E-state index in [9.17, 15) is 9.59 Å². The van der Waals surface area contributed by atoms with Gasteiger partial charge in [-0.25, -0.2) is 4.79 Å². The minimum atomic E-state index is -0.950. The van der Waals surface area contributed by atoms with Crippen LogP contribution in [-0.4, -0.2) is 29.6 Å². The monoisotopic (exact) mass is 276 g/mol. The van der Waals surface area contributed by atoms with Crippen molar-refractivity contribution in [3.8, 4) is 0 Å². The van der Waals surface area contributed by atoms with Gasteiger partial charge < -0.3 is 15.7 Å². The number of hydrogen-bond donors (Lipinski definition) is 2. The van der Waals surface area contributed by atoms with Gasteiger partial charge in [0.1, 0.15) is 0 Å². The van der Waals surface area contributed by atoms with Gasteiger partial charge in [-0.05, 0) is 42.5 Å². The van der Waals surface area contributed by atoms with E-state index in [-0.39, 0.29) is 11.5 Å². The number of amides is 1. The molecule has 3 N–H and O–H groups in total. The molecule has 0 aliphatic carbocycles. The summed E-state index contributed by atoms with van der Waals surface area (Å²) in [6.07, 6.45) is 1.33. The normalized spacial score (nSPS) is 15.3. The van der Waals surface area contributed by atoms with Gasteiger partial charge in [0, 0.05) is 12.2 Å². The summed E-state index contributed by atoms with van der Waals surface area (Å²) < 4.78 is 0. The predicted octanol–water partition coefficient (Wildman–Crippen LogP) is 1.65. The molecule has 2 rings (SSSR count). The molecule has 5 heteroatoms. The van der Waals surface area contributed by atoms with Crippen LogP contribution in [0, 0.1) is 5.92 Å². The van der Waals surface area contributed by atoms with Gasteiger partial charge in [0.05, 0.1) is 11.6 Å². The summed E-state index contributed by atoms with van der Waals surface area (Å²) in [4.78, 5) is 25.0. The third-order valence-electron chi connectivity index (χ3n) is 3.53. The highest BCUT2D eigenvalue weighted by Crippen LogP contribution is 2.29. The zero-order chi connectivity index (χ0) is 14.9. The van der Waals surface area contributed by atoms with Gasteiger partial charge in [-0.2, -0.15) is 0 Å². The molecule has 1 aliphatic heterocycles. The summed E-state index contributed by atoms with van der Waals surface area (Å²) in [6, 6.07) is 4.37. The van der Waals surface area contributed by atoms with Crippen molar-refractivity contribution in [1.82, 2.24) is 0 Å². The number of hydrogen-bond acceptors (Lipinski definition) is 3.